The Kier molecular flexibility index (Phi) is 10.9. The second kappa shape index (κ2) is 12.1. The van der Waals surface area contributed by atoms with Gasteiger partial charge in [0.05, 0.1) is 5.01 Å². The molecule has 1 atom stereocenters. The van der Waals surface area contributed by atoms with Gasteiger partial charge in [0.15, 0.2) is 5.96 Å². The largest absolute Gasteiger partial charge is 0.357 e. The van der Waals surface area contributed by atoms with E-state index in [1.807, 2.05) is 17.5 Å². The molecule has 0 radical (unpaired) electrons. The molecule has 1 aliphatic rings. The Labute approximate surface area is 174 Å². The van der Waals surface area contributed by atoms with Crippen LogP contribution in [-0.4, -0.2) is 66.1 Å². The van der Waals surface area contributed by atoms with Crippen molar-refractivity contribution in [2.24, 2.45) is 4.99 Å². The number of guanidine groups is 1. The van der Waals surface area contributed by atoms with Crippen LogP contribution in [0.4, 0.5) is 0 Å². The Morgan fingerprint density at radius 2 is 2.12 bits per heavy atom. The van der Waals surface area contributed by atoms with Crippen LogP contribution in [0.5, 0.6) is 0 Å². The zero-order valence-corrected chi connectivity index (χ0v) is 19.3. The first kappa shape index (κ1) is 22.6. The van der Waals surface area contributed by atoms with Gasteiger partial charge in [0, 0.05) is 49.7 Å². The number of nitrogens with zero attached hydrogens (tertiary/aromatic N) is 4. The van der Waals surface area contributed by atoms with Crippen molar-refractivity contribution in [3.63, 3.8) is 0 Å². The fourth-order valence-corrected chi connectivity index (χ4v) is 4.13. The van der Waals surface area contributed by atoms with E-state index in [0.717, 1.165) is 58.1 Å². The Balaban J connectivity index is 0.00000312. The lowest BCUT2D eigenvalue weighted by Crippen LogP contribution is -2.43. The summed E-state index contributed by atoms with van der Waals surface area (Å²) in [7, 11) is 0. The van der Waals surface area contributed by atoms with Gasteiger partial charge in [-0.2, -0.15) is 0 Å². The van der Waals surface area contributed by atoms with E-state index >= 15 is 0 Å². The van der Waals surface area contributed by atoms with E-state index in [-0.39, 0.29) is 24.0 Å². The van der Waals surface area contributed by atoms with Gasteiger partial charge in [0.1, 0.15) is 0 Å². The van der Waals surface area contributed by atoms with Gasteiger partial charge >= 0.3 is 0 Å². The highest BCUT2D eigenvalue weighted by Gasteiger charge is 2.27. The number of hydrogen-bond donors (Lipinski definition) is 1. The Morgan fingerprint density at radius 1 is 1.36 bits per heavy atom. The van der Waals surface area contributed by atoms with Crippen LogP contribution in [0.2, 0.25) is 0 Å². The topological polar surface area (TPSA) is 43.8 Å². The first-order chi connectivity index (χ1) is 11.7. The van der Waals surface area contributed by atoms with Gasteiger partial charge in [-0.1, -0.05) is 20.8 Å². The van der Waals surface area contributed by atoms with Gasteiger partial charge in [0.25, 0.3) is 0 Å². The predicted octanol–water partition coefficient (Wildman–Crippen LogP) is 3.25. The van der Waals surface area contributed by atoms with Crippen LogP contribution < -0.4 is 5.32 Å². The van der Waals surface area contributed by atoms with Crippen molar-refractivity contribution >= 4 is 41.3 Å². The molecule has 2 heterocycles. The van der Waals surface area contributed by atoms with Crippen molar-refractivity contribution in [2.75, 3.05) is 39.3 Å². The van der Waals surface area contributed by atoms with Crippen molar-refractivity contribution < 1.29 is 0 Å². The quantitative estimate of drug-likeness (QED) is 0.353. The van der Waals surface area contributed by atoms with Crippen LogP contribution >= 0.6 is 35.3 Å². The summed E-state index contributed by atoms with van der Waals surface area (Å²) in [5.74, 6) is 1.07. The van der Waals surface area contributed by atoms with E-state index in [9.17, 15) is 0 Å². The van der Waals surface area contributed by atoms with E-state index < -0.39 is 0 Å². The molecular weight excluding hydrogens is 445 g/mol. The van der Waals surface area contributed by atoms with Crippen LogP contribution in [0, 0.1) is 0 Å². The molecule has 5 nitrogen and oxygen atoms in total. The van der Waals surface area contributed by atoms with E-state index in [0.29, 0.717) is 6.04 Å². The number of nitrogens with one attached hydrogen (secondary N) is 1. The van der Waals surface area contributed by atoms with Gasteiger partial charge < -0.3 is 10.2 Å². The average Bonchev–Trinajstić information content (AvgIpc) is 3.25. The number of thiazole rings is 1. The molecule has 2 rings (SSSR count). The van der Waals surface area contributed by atoms with E-state index in [4.69, 9.17) is 4.99 Å². The maximum atomic E-state index is 4.85. The molecule has 0 aliphatic carbocycles. The minimum absolute atomic E-state index is 0. The highest BCUT2D eigenvalue weighted by atomic mass is 127. The molecule has 144 valence electrons. The number of hydrogen-bond acceptors (Lipinski definition) is 4. The molecule has 1 N–H and O–H groups in total. The second-order valence-corrected chi connectivity index (χ2v) is 7.37. The van der Waals surface area contributed by atoms with Crippen LogP contribution in [0.1, 0.15) is 44.0 Å². The number of halogens is 1. The first-order valence-electron chi connectivity index (χ1n) is 9.42. The monoisotopic (exact) mass is 479 g/mol. The summed E-state index contributed by atoms with van der Waals surface area (Å²) in [6.07, 6.45) is 5.25. The summed E-state index contributed by atoms with van der Waals surface area (Å²) in [4.78, 5) is 15.7. The predicted molar refractivity (Wildman–Crippen MR) is 119 cm³/mol. The minimum Gasteiger partial charge on any atom is -0.357 e. The van der Waals surface area contributed by atoms with E-state index in [2.05, 4.69) is 47.8 Å². The van der Waals surface area contributed by atoms with Crippen LogP contribution in [0.3, 0.4) is 0 Å². The summed E-state index contributed by atoms with van der Waals surface area (Å²) in [5, 5.41) is 4.67. The molecule has 0 aromatic carbocycles. The van der Waals surface area contributed by atoms with Gasteiger partial charge in [-0.15, -0.1) is 35.3 Å². The minimum atomic E-state index is 0. The zero-order chi connectivity index (χ0) is 17.4. The van der Waals surface area contributed by atoms with Crippen molar-refractivity contribution in [3.8, 4) is 0 Å². The van der Waals surface area contributed by atoms with Gasteiger partial charge in [-0.25, -0.2) is 4.98 Å². The second-order valence-electron chi connectivity index (χ2n) is 6.17. The fourth-order valence-electron chi connectivity index (χ4n) is 3.28. The van der Waals surface area contributed by atoms with Crippen molar-refractivity contribution in [1.82, 2.24) is 20.1 Å². The zero-order valence-electron chi connectivity index (χ0n) is 16.1. The number of aliphatic imine (C=N–C) groups is 1. The lowest BCUT2D eigenvalue weighted by atomic mass is 10.2. The van der Waals surface area contributed by atoms with Gasteiger partial charge in [-0.05, 0) is 32.9 Å². The summed E-state index contributed by atoms with van der Waals surface area (Å²) < 4.78 is 0. The third kappa shape index (κ3) is 6.67. The molecule has 1 aromatic heterocycles. The molecule has 1 aromatic rings. The standard InChI is InChI=1S/C18H33N5S.HI/c1-5-16-13-21-17(24-16)9-11-20-18(19-6-2)23-12-10-15(14-23)22(7-3)8-4;/h13,15H,5-12,14H2,1-4H3,(H,19,20);1H. The number of rotatable bonds is 8. The normalized spacial score (nSPS) is 17.9. The van der Waals surface area contributed by atoms with E-state index in [1.165, 1.54) is 16.3 Å². The molecule has 0 amide bonds. The third-order valence-corrected chi connectivity index (χ3v) is 5.87. The molecule has 1 aliphatic heterocycles. The van der Waals surface area contributed by atoms with Crippen LogP contribution in [-0.2, 0) is 12.8 Å². The molecule has 25 heavy (non-hydrogen) atoms. The lowest BCUT2D eigenvalue weighted by Gasteiger charge is -2.27. The van der Waals surface area contributed by atoms with E-state index in [1.54, 1.807) is 0 Å². The Bertz CT molecular complexity index is 515. The molecule has 0 bridgehead atoms. The summed E-state index contributed by atoms with van der Waals surface area (Å²) in [5.41, 5.74) is 0. The summed E-state index contributed by atoms with van der Waals surface area (Å²) in [6, 6.07) is 0.662. The SMILES string of the molecule is CCNC(=NCCc1ncc(CC)s1)N1CCC(N(CC)CC)C1.I. The number of likely N-dealkylation sites (tertiary alicyclic amines) is 1. The number of aryl methyl sites for hydroxylation is 1. The smallest absolute Gasteiger partial charge is 0.193 e. The average molecular weight is 479 g/mol. The highest BCUT2D eigenvalue weighted by molar-refractivity contribution is 14.0. The van der Waals surface area contributed by atoms with Gasteiger partial charge in [-0.3, -0.25) is 9.89 Å². The molecule has 0 saturated carbocycles. The van der Waals surface area contributed by atoms with Crippen molar-refractivity contribution in [3.05, 3.63) is 16.1 Å². The molecule has 1 unspecified atom stereocenters. The Hall–Kier alpha value is -0.410. The fraction of sp³-hybridized carbons (Fsp3) is 0.778. The highest BCUT2D eigenvalue weighted by Crippen LogP contribution is 2.16. The number of aromatic nitrogens is 1. The first-order valence-corrected chi connectivity index (χ1v) is 10.2. The third-order valence-electron chi connectivity index (χ3n) is 4.66. The van der Waals surface area contributed by atoms with Gasteiger partial charge in [0.2, 0.25) is 0 Å². The molecule has 0 spiro atoms. The molecule has 1 saturated heterocycles. The molecule has 1 fully saturated rings. The maximum Gasteiger partial charge on any atom is 0.193 e. The van der Waals surface area contributed by atoms with Crippen molar-refractivity contribution in [1.29, 1.82) is 0 Å². The van der Waals surface area contributed by atoms with Crippen molar-refractivity contribution in [2.45, 2.75) is 53.0 Å². The number of likely N-dealkylation sites (N-methyl/N-ethyl adjacent to an activating group) is 1. The molecular formula is C18H34IN5S. The lowest BCUT2D eigenvalue weighted by molar-refractivity contribution is 0.223. The van der Waals surface area contributed by atoms with Crippen LogP contribution in [0.15, 0.2) is 11.2 Å². The summed E-state index contributed by atoms with van der Waals surface area (Å²) in [6.45, 7) is 15.0. The molecule has 7 heteroatoms. The van der Waals surface area contributed by atoms with Crippen LogP contribution in [0.25, 0.3) is 0 Å². The summed E-state index contributed by atoms with van der Waals surface area (Å²) >= 11 is 1.82. The maximum absolute atomic E-state index is 4.85. The Morgan fingerprint density at radius 3 is 2.72 bits per heavy atom.